The van der Waals surface area contributed by atoms with Crippen LogP contribution in [0.25, 0.3) is 0 Å². The Bertz CT molecular complexity index is 1060. The molecule has 0 N–H and O–H groups in total. The molecule has 168 valence electrons. The summed E-state index contributed by atoms with van der Waals surface area (Å²) < 4.78 is 17.7. The number of hydrogen-bond acceptors (Lipinski definition) is 5. The maximum Gasteiger partial charge on any atom is 0.417 e. The molecule has 2 aliphatic rings. The normalized spacial score (nSPS) is 22.1. The van der Waals surface area contributed by atoms with E-state index in [4.69, 9.17) is 14.2 Å². The maximum absolute atomic E-state index is 13.6. The van der Waals surface area contributed by atoms with E-state index in [0.29, 0.717) is 6.42 Å². The van der Waals surface area contributed by atoms with Gasteiger partial charge in [-0.2, -0.15) is 0 Å². The number of amides is 2. The van der Waals surface area contributed by atoms with Gasteiger partial charge in [0.2, 0.25) is 0 Å². The summed E-state index contributed by atoms with van der Waals surface area (Å²) in [5, 5.41) is 0. The molecule has 2 amide bonds. The fourth-order valence-corrected chi connectivity index (χ4v) is 4.55. The lowest BCUT2D eigenvalue weighted by molar-refractivity contribution is -0.196. The van der Waals surface area contributed by atoms with Gasteiger partial charge in [0.05, 0.1) is 19.3 Å². The number of nitrogens with zero attached hydrogens (tertiary/aromatic N) is 1. The van der Waals surface area contributed by atoms with Crippen molar-refractivity contribution in [3.8, 4) is 0 Å². The van der Waals surface area contributed by atoms with Crippen LogP contribution in [0.2, 0.25) is 0 Å². The molecule has 2 fully saturated rings. The van der Waals surface area contributed by atoms with E-state index < -0.39 is 23.7 Å². The fourth-order valence-electron chi connectivity index (χ4n) is 4.55. The molecular formula is C27H25NO5. The van der Waals surface area contributed by atoms with E-state index in [1.807, 2.05) is 91.0 Å². The summed E-state index contributed by atoms with van der Waals surface area (Å²) in [6.07, 6.45) is -1.06. The first-order chi connectivity index (χ1) is 16.2. The van der Waals surface area contributed by atoms with Gasteiger partial charge in [-0.3, -0.25) is 4.79 Å². The summed E-state index contributed by atoms with van der Waals surface area (Å²) in [7, 11) is 0. The van der Waals surface area contributed by atoms with Gasteiger partial charge >= 0.3 is 6.09 Å². The first-order valence-electron chi connectivity index (χ1n) is 11.1. The molecule has 0 aliphatic carbocycles. The van der Waals surface area contributed by atoms with Crippen LogP contribution in [0.15, 0.2) is 91.0 Å². The summed E-state index contributed by atoms with van der Waals surface area (Å²) >= 11 is 0. The number of hydrogen-bond donors (Lipinski definition) is 0. The summed E-state index contributed by atoms with van der Waals surface area (Å²) in [5.74, 6) is -0.436. The van der Waals surface area contributed by atoms with Crippen LogP contribution in [0.1, 0.15) is 16.7 Å². The molecule has 2 saturated heterocycles. The zero-order valence-corrected chi connectivity index (χ0v) is 18.1. The monoisotopic (exact) mass is 443 g/mol. The number of imide groups is 1. The van der Waals surface area contributed by atoms with Crippen LogP contribution in [0, 0.1) is 0 Å². The quantitative estimate of drug-likeness (QED) is 0.598. The lowest BCUT2D eigenvalue weighted by Gasteiger charge is -2.42. The van der Waals surface area contributed by atoms with Crippen molar-refractivity contribution in [3.63, 3.8) is 0 Å². The van der Waals surface area contributed by atoms with Crippen molar-refractivity contribution in [2.45, 2.75) is 24.2 Å². The number of rotatable bonds is 5. The van der Waals surface area contributed by atoms with Gasteiger partial charge in [-0.05, 0) is 23.1 Å². The number of cyclic esters (lactones) is 1. The Morgan fingerprint density at radius 1 is 0.848 bits per heavy atom. The van der Waals surface area contributed by atoms with Crippen molar-refractivity contribution < 1.29 is 23.8 Å². The van der Waals surface area contributed by atoms with Crippen LogP contribution in [0.5, 0.6) is 0 Å². The molecule has 33 heavy (non-hydrogen) atoms. The second-order valence-electron chi connectivity index (χ2n) is 8.31. The molecule has 3 aromatic carbocycles. The largest absolute Gasteiger partial charge is 0.447 e. The Hall–Kier alpha value is -3.48. The second-order valence-corrected chi connectivity index (χ2v) is 8.31. The fraction of sp³-hybridized carbons (Fsp3) is 0.259. The third-order valence-electron chi connectivity index (χ3n) is 6.19. The predicted octanol–water partition coefficient (Wildman–Crippen LogP) is 3.94. The molecule has 0 saturated carbocycles. The van der Waals surface area contributed by atoms with Crippen molar-refractivity contribution in [3.05, 3.63) is 108 Å². The molecular weight excluding hydrogens is 418 g/mol. The van der Waals surface area contributed by atoms with E-state index in [9.17, 15) is 9.59 Å². The summed E-state index contributed by atoms with van der Waals surface area (Å²) in [6.45, 7) is 0.500. The molecule has 0 unspecified atom stereocenters. The third kappa shape index (κ3) is 4.15. The topological polar surface area (TPSA) is 65.1 Å². The number of carbonyl (C=O) groups excluding carboxylic acids is 2. The van der Waals surface area contributed by atoms with Crippen molar-refractivity contribution in [2.24, 2.45) is 0 Å². The highest BCUT2D eigenvalue weighted by Gasteiger charge is 2.48. The zero-order chi connectivity index (χ0) is 22.7. The highest BCUT2D eigenvalue weighted by Crippen LogP contribution is 2.38. The smallest absolute Gasteiger partial charge is 0.417 e. The highest BCUT2D eigenvalue weighted by atomic mass is 16.6. The molecule has 5 rings (SSSR count). The summed E-state index contributed by atoms with van der Waals surface area (Å²) in [4.78, 5) is 27.3. The molecule has 6 nitrogen and oxygen atoms in total. The molecule has 6 heteroatoms. The van der Waals surface area contributed by atoms with Crippen LogP contribution in [-0.4, -0.2) is 48.9 Å². The number of ether oxygens (including phenoxy) is 3. The van der Waals surface area contributed by atoms with Gasteiger partial charge in [-0.25, -0.2) is 9.69 Å². The number of carbonyl (C=O) groups is 2. The molecule has 2 aliphatic heterocycles. The molecule has 3 aromatic rings. The van der Waals surface area contributed by atoms with Crippen LogP contribution < -0.4 is 0 Å². The average molecular weight is 443 g/mol. The lowest BCUT2D eigenvalue weighted by Crippen LogP contribution is -2.54. The molecule has 2 atom stereocenters. The third-order valence-corrected chi connectivity index (χ3v) is 6.19. The summed E-state index contributed by atoms with van der Waals surface area (Å²) in [6, 6.07) is 28.8. The van der Waals surface area contributed by atoms with Crippen LogP contribution in [0.3, 0.4) is 0 Å². The SMILES string of the molecule is O=C1OC[C@@H](Cc2ccccc2)N1C(=O)[C@H]1COCC(c2ccccc2)(c2ccccc2)O1. The summed E-state index contributed by atoms with van der Waals surface area (Å²) in [5.41, 5.74) is 1.85. The molecule has 0 spiro atoms. The Morgan fingerprint density at radius 2 is 1.42 bits per heavy atom. The van der Waals surface area contributed by atoms with Gasteiger partial charge in [0, 0.05) is 0 Å². The first-order valence-corrected chi connectivity index (χ1v) is 11.1. The molecule has 0 aromatic heterocycles. The van der Waals surface area contributed by atoms with Gasteiger partial charge in [-0.1, -0.05) is 91.0 Å². The molecule has 0 radical (unpaired) electrons. The van der Waals surface area contributed by atoms with Crippen molar-refractivity contribution in [2.75, 3.05) is 19.8 Å². The molecule has 0 bridgehead atoms. The Labute approximate surface area is 192 Å². The van der Waals surface area contributed by atoms with E-state index >= 15 is 0 Å². The van der Waals surface area contributed by atoms with Crippen molar-refractivity contribution in [1.82, 2.24) is 4.90 Å². The highest BCUT2D eigenvalue weighted by molar-refractivity contribution is 5.96. The van der Waals surface area contributed by atoms with Gasteiger partial charge in [0.25, 0.3) is 5.91 Å². The Morgan fingerprint density at radius 3 is 2.03 bits per heavy atom. The standard InChI is InChI=1S/C27H25NO5/c29-25(28-23(17-32-26(28)30)16-20-10-4-1-5-11-20)24-18-31-19-27(33-24,21-12-6-2-7-13-21)22-14-8-3-9-15-22/h1-15,23-24H,16-19H2/t23-,24-/m1/s1. The zero-order valence-electron chi connectivity index (χ0n) is 18.1. The van der Waals surface area contributed by atoms with Crippen LogP contribution in [-0.2, 0) is 31.0 Å². The van der Waals surface area contributed by atoms with Gasteiger partial charge in [0.15, 0.2) is 6.10 Å². The van der Waals surface area contributed by atoms with Crippen LogP contribution >= 0.6 is 0 Å². The average Bonchev–Trinajstić information content (AvgIpc) is 3.24. The van der Waals surface area contributed by atoms with Gasteiger partial charge in [-0.15, -0.1) is 0 Å². The van der Waals surface area contributed by atoms with E-state index in [1.54, 1.807) is 0 Å². The maximum atomic E-state index is 13.6. The van der Waals surface area contributed by atoms with E-state index in [2.05, 4.69) is 0 Å². The minimum atomic E-state index is -0.959. The predicted molar refractivity (Wildman–Crippen MR) is 121 cm³/mol. The van der Waals surface area contributed by atoms with Crippen molar-refractivity contribution >= 4 is 12.0 Å². The Balaban J connectivity index is 1.44. The van der Waals surface area contributed by atoms with E-state index in [0.717, 1.165) is 16.7 Å². The second kappa shape index (κ2) is 9.17. The van der Waals surface area contributed by atoms with Gasteiger partial charge < -0.3 is 14.2 Å². The molecule has 2 heterocycles. The minimum Gasteiger partial charge on any atom is -0.447 e. The van der Waals surface area contributed by atoms with E-state index in [1.165, 1.54) is 4.90 Å². The number of benzene rings is 3. The van der Waals surface area contributed by atoms with Crippen LogP contribution in [0.4, 0.5) is 4.79 Å². The van der Waals surface area contributed by atoms with Crippen molar-refractivity contribution in [1.29, 1.82) is 0 Å². The minimum absolute atomic E-state index is 0.0715. The lowest BCUT2D eigenvalue weighted by atomic mass is 9.85. The van der Waals surface area contributed by atoms with E-state index in [-0.39, 0.29) is 25.9 Å². The Kier molecular flexibility index (Phi) is 5.94. The van der Waals surface area contributed by atoms with Gasteiger partial charge in [0.1, 0.15) is 12.2 Å². The first kappa shape index (κ1) is 21.4.